The van der Waals surface area contributed by atoms with Gasteiger partial charge >= 0.3 is 0 Å². The van der Waals surface area contributed by atoms with Crippen LogP contribution in [-0.4, -0.2) is 38.2 Å². The van der Waals surface area contributed by atoms with Crippen LogP contribution in [0.3, 0.4) is 0 Å². The summed E-state index contributed by atoms with van der Waals surface area (Å²) in [5.41, 5.74) is 1.40. The van der Waals surface area contributed by atoms with Gasteiger partial charge in [0.1, 0.15) is 0 Å². The monoisotopic (exact) mass is 268 g/mol. The summed E-state index contributed by atoms with van der Waals surface area (Å²) >= 11 is 3.82. The number of hydrogen-bond donors (Lipinski definition) is 1. The van der Waals surface area contributed by atoms with Crippen LogP contribution >= 0.6 is 23.5 Å². The summed E-state index contributed by atoms with van der Waals surface area (Å²) in [4.78, 5) is 5.29. The molecule has 1 unspecified atom stereocenters. The van der Waals surface area contributed by atoms with Gasteiger partial charge in [-0.25, -0.2) is 0 Å². The molecule has 1 aliphatic rings. The lowest BCUT2D eigenvalue weighted by atomic mass is 10.2. The lowest BCUT2D eigenvalue weighted by Crippen LogP contribution is -2.37. The largest absolute Gasteiger partial charge is 0.368 e. The second-order valence-electron chi connectivity index (χ2n) is 4.31. The van der Waals surface area contributed by atoms with Crippen molar-refractivity contribution in [1.82, 2.24) is 5.32 Å². The Labute approximate surface area is 113 Å². The number of fused-ring (bicyclic) bond motifs is 1. The minimum absolute atomic E-state index is 0.677. The van der Waals surface area contributed by atoms with Crippen molar-refractivity contribution in [2.75, 3.05) is 37.8 Å². The second kappa shape index (κ2) is 6.03. The zero-order valence-electron chi connectivity index (χ0n) is 10.7. The zero-order valence-corrected chi connectivity index (χ0v) is 12.3. The minimum Gasteiger partial charge on any atom is -0.368 e. The number of thioether (sulfide) groups is 2. The third kappa shape index (κ3) is 3.12. The van der Waals surface area contributed by atoms with E-state index >= 15 is 0 Å². The second-order valence-corrected chi connectivity index (χ2v) is 6.67. The SMILES string of the molecule is CNCCN1CC(C)Sc2cc(SC)ccc21. The summed E-state index contributed by atoms with van der Waals surface area (Å²) in [6.07, 6.45) is 2.14. The minimum atomic E-state index is 0.677. The Bertz CT molecular complexity index is 382. The summed E-state index contributed by atoms with van der Waals surface area (Å²) < 4.78 is 0. The quantitative estimate of drug-likeness (QED) is 0.844. The molecule has 0 aromatic heterocycles. The molecular formula is C13H20N2S2. The van der Waals surface area contributed by atoms with Crippen LogP contribution in [0, 0.1) is 0 Å². The third-order valence-corrected chi connectivity index (χ3v) is 4.80. The molecule has 4 heteroatoms. The van der Waals surface area contributed by atoms with Gasteiger partial charge < -0.3 is 10.2 Å². The van der Waals surface area contributed by atoms with Gasteiger partial charge in [0.15, 0.2) is 0 Å². The van der Waals surface area contributed by atoms with Crippen molar-refractivity contribution in [2.45, 2.75) is 22.0 Å². The Kier molecular flexibility index (Phi) is 4.65. The number of benzene rings is 1. The fraction of sp³-hybridized carbons (Fsp3) is 0.538. The molecule has 0 saturated heterocycles. The number of anilines is 1. The van der Waals surface area contributed by atoms with Crippen LogP contribution < -0.4 is 10.2 Å². The molecule has 2 nitrogen and oxygen atoms in total. The molecule has 0 bridgehead atoms. The molecule has 1 aromatic rings. The maximum Gasteiger partial charge on any atom is 0.0506 e. The van der Waals surface area contributed by atoms with Crippen LogP contribution in [-0.2, 0) is 0 Å². The van der Waals surface area contributed by atoms with E-state index in [1.165, 1.54) is 15.5 Å². The van der Waals surface area contributed by atoms with Gasteiger partial charge in [-0.15, -0.1) is 23.5 Å². The van der Waals surface area contributed by atoms with Gasteiger partial charge in [0.2, 0.25) is 0 Å². The van der Waals surface area contributed by atoms with E-state index in [9.17, 15) is 0 Å². The fourth-order valence-electron chi connectivity index (χ4n) is 2.10. The van der Waals surface area contributed by atoms with Gasteiger partial charge in [0, 0.05) is 34.7 Å². The van der Waals surface area contributed by atoms with Crippen LogP contribution in [0.1, 0.15) is 6.92 Å². The average molecular weight is 268 g/mol. The van der Waals surface area contributed by atoms with E-state index in [4.69, 9.17) is 0 Å². The molecule has 0 radical (unpaired) electrons. The molecule has 0 aliphatic carbocycles. The number of nitrogens with one attached hydrogen (secondary N) is 1. The molecule has 2 rings (SSSR count). The lowest BCUT2D eigenvalue weighted by Gasteiger charge is -2.34. The van der Waals surface area contributed by atoms with E-state index in [0.29, 0.717) is 5.25 Å². The number of rotatable bonds is 4. The van der Waals surface area contributed by atoms with Gasteiger partial charge in [-0.1, -0.05) is 6.92 Å². The molecule has 1 heterocycles. The zero-order chi connectivity index (χ0) is 12.3. The van der Waals surface area contributed by atoms with Crippen molar-refractivity contribution in [1.29, 1.82) is 0 Å². The molecule has 1 aliphatic heterocycles. The topological polar surface area (TPSA) is 15.3 Å². The molecule has 94 valence electrons. The highest BCUT2D eigenvalue weighted by Crippen LogP contribution is 2.39. The van der Waals surface area contributed by atoms with Crippen LogP contribution in [0.4, 0.5) is 5.69 Å². The Morgan fingerprint density at radius 3 is 3.06 bits per heavy atom. The van der Waals surface area contributed by atoms with Crippen molar-refractivity contribution in [3.63, 3.8) is 0 Å². The predicted octanol–water partition coefficient (Wildman–Crippen LogP) is 2.93. The molecular weight excluding hydrogens is 248 g/mol. The molecule has 1 atom stereocenters. The van der Waals surface area contributed by atoms with Crippen LogP contribution in [0.25, 0.3) is 0 Å². The predicted molar refractivity (Wildman–Crippen MR) is 79.7 cm³/mol. The van der Waals surface area contributed by atoms with Crippen LogP contribution in [0.2, 0.25) is 0 Å². The standard InChI is InChI=1S/C13H20N2S2/c1-10-9-15(7-6-14-2)12-5-4-11(16-3)8-13(12)17-10/h4-5,8,10,14H,6-7,9H2,1-3H3. The maximum atomic E-state index is 3.23. The Balaban J connectivity index is 2.23. The Morgan fingerprint density at radius 1 is 1.53 bits per heavy atom. The van der Waals surface area contributed by atoms with Gasteiger partial charge in [0.05, 0.1) is 5.69 Å². The Hall–Kier alpha value is -0.320. The molecule has 0 spiro atoms. The van der Waals surface area contributed by atoms with E-state index in [2.05, 4.69) is 41.6 Å². The van der Waals surface area contributed by atoms with Gasteiger partial charge in [0.25, 0.3) is 0 Å². The summed E-state index contributed by atoms with van der Waals surface area (Å²) in [6, 6.07) is 6.83. The van der Waals surface area contributed by atoms with E-state index < -0.39 is 0 Å². The first kappa shape index (κ1) is 13.1. The highest BCUT2D eigenvalue weighted by molar-refractivity contribution is 8.00. The number of hydrogen-bond acceptors (Lipinski definition) is 4. The first-order valence-electron chi connectivity index (χ1n) is 5.99. The smallest absolute Gasteiger partial charge is 0.0506 e. The van der Waals surface area contributed by atoms with Crippen molar-refractivity contribution >= 4 is 29.2 Å². The normalized spacial score (nSPS) is 19.2. The van der Waals surface area contributed by atoms with E-state index in [1.807, 2.05) is 30.6 Å². The van der Waals surface area contributed by atoms with E-state index in [0.717, 1.165) is 19.6 Å². The number of nitrogens with zero attached hydrogens (tertiary/aromatic N) is 1. The average Bonchev–Trinajstić information content (AvgIpc) is 2.34. The van der Waals surface area contributed by atoms with Crippen LogP contribution in [0.15, 0.2) is 28.0 Å². The molecule has 0 fully saturated rings. The molecule has 1 aromatic carbocycles. The molecule has 1 N–H and O–H groups in total. The fourth-order valence-corrected chi connectivity index (χ4v) is 3.81. The highest BCUT2D eigenvalue weighted by atomic mass is 32.2. The van der Waals surface area contributed by atoms with Crippen molar-refractivity contribution in [3.05, 3.63) is 18.2 Å². The van der Waals surface area contributed by atoms with Crippen molar-refractivity contribution < 1.29 is 0 Å². The third-order valence-electron chi connectivity index (χ3n) is 2.95. The first-order chi connectivity index (χ1) is 8.24. The molecule has 17 heavy (non-hydrogen) atoms. The van der Waals surface area contributed by atoms with Gasteiger partial charge in [-0.2, -0.15) is 0 Å². The Morgan fingerprint density at radius 2 is 2.35 bits per heavy atom. The summed E-state index contributed by atoms with van der Waals surface area (Å²) in [5, 5.41) is 3.91. The lowest BCUT2D eigenvalue weighted by molar-refractivity contribution is 0.703. The maximum absolute atomic E-state index is 3.23. The van der Waals surface area contributed by atoms with Crippen molar-refractivity contribution in [3.8, 4) is 0 Å². The summed E-state index contributed by atoms with van der Waals surface area (Å²) in [7, 11) is 2.01. The summed E-state index contributed by atoms with van der Waals surface area (Å²) in [6.45, 7) is 5.60. The number of likely N-dealkylation sites (N-methyl/N-ethyl adjacent to an activating group) is 1. The van der Waals surface area contributed by atoms with E-state index in [-0.39, 0.29) is 0 Å². The first-order valence-corrected chi connectivity index (χ1v) is 8.09. The summed E-state index contributed by atoms with van der Waals surface area (Å²) in [5.74, 6) is 0. The van der Waals surface area contributed by atoms with Gasteiger partial charge in [-0.05, 0) is 31.5 Å². The van der Waals surface area contributed by atoms with Gasteiger partial charge in [-0.3, -0.25) is 0 Å². The van der Waals surface area contributed by atoms with Crippen LogP contribution in [0.5, 0.6) is 0 Å². The molecule has 0 amide bonds. The van der Waals surface area contributed by atoms with E-state index in [1.54, 1.807) is 0 Å². The highest BCUT2D eigenvalue weighted by Gasteiger charge is 2.21. The molecule has 0 saturated carbocycles. The van der Waals surface area contributed by atoms with Crippen molar-refractivity contribution in [2.24, 2.45) is 0 Å².